The zero-order chi connectivity index (χ0) is 13.8. The summed E-state index contributed by atoms with van der Waals surface area (Å²) in [4.78, 5) is 4.49. The number of anilines is 1. The maximum Gasteiger partial charge on any atom is 0.243 e. The molecule has 0 bridgehead atoms. The van der Waals surface area contributed by atoms with E-state index in [1.54, 1.807) is 0 Å². The van der Waals surface area contributed by atoms with Gasteiger partial charge in [-0.1, -0.05) is 33.8 Å². The van der Waals surface area contributed by atoms with Crippen LogP contribution in [-0.4, -0.2) is 21.1 Å². The molecule has 2 aromatic rings. The predicted octanol–water partition coefficient (Wildman–Crippen LogP) is 3.13. The first-order valence-corrected chi connectivity index (χ1v) is 6.89. The van der Waals surface area contributed by atoms with Gasteiger partial charge in [-0.15, -0.1) is 5.10 Å². The summed E-state index contributed by atoms with van der Waals surface area (Å²) < 4.78 is 1.83. The molecule has 1 aliphatic rings. The molecule has 0 amide bonds. The lowest BCUT2D eigenvalue weighted by Gasteiger charge is -2.04. The van der Waals surface area contributed by atoms with E-state index in [0.29, 0.717) is 16.7 Å². The third kappa shape index (κ3) is 1.81. The van der Waals surface area contributed by atoms with Gasteiger partial charge in [-0.2, -0.15) is 4.98 Å². The van der Waals surface area contributed by atoms with Gasteiger partial charge in [-0.05, 0) is 35.3 Å². The van der Waals surface area contributed by atoms with E-state index in [4.69, 9.17) is 0 Å². The zero-order valence-electron chi connectivity index (χ0n) is 12.4. The summed E-state index contributed by atoms with van der Waals surface area (Å²) in [5, 5.41) is 7.85. The van der Waals surface area contributed by atoms with E-state index >= 15 is 0 Å². The number of aryl methyl sites for hydroxylation is 1. The van der Waals surface area contributed by atoms with Crippen molar-refractivity contribution in [1.82, 2.24) is 14.6 Å². The first kappa shape index (κ1) is 12.5. The third-order valence-corrected chi connectivity index (χ3v) is 5.26. The Morgan fingerprint density at radius 2 is 1.89 bits per heavy atom. The largest absolute Gasteiger partial charge is 0.353 e. The summed E-state index contributed by atoms with van der Waals surface area (Å²) in [6.45, 7) is 12.3. The van der Waals surface area contributed by atoms with Gasteiger partial charge in [0.1, 0.15) is 0 Å². The van der Waals surface area contributed by atoms with Gasteiger partial charge in [0, 0.05) is 12.7 Å². The minimum absolute atomic E-state index is 0.399. The van der Waals surface area contributed by atoms with Crippen LogP contribution < -0.4 is 5.32 Å². The molecule has 2 aromatic heterocycles. The summed E-state index contributed by atoms with van der Waals surface area (Å²) in [6.07, 6.45) is 2.00. The van der Waals surface area contributed by atoms with Crippen molar-refractivity contribution in [1.29, 1.82) is 0 Å². The van der Waals surface area contributed by atoms with Crippen molar-refractivity contribution >= 4 is 11.6 Å². The second-order valence-corrected chi connectivity index (χ2v) is 6.82. The Balaban J connectivity index is 1.73. The van der Waals surface area contributed by atoms with Crippen molar-refractivity contribution in [2.75, 3.05) is 11.9 Å². The normalized spacial score (nSPS) is 20.7. The highest BCUT2D eigenvalue weighted by Crippen LogP contribution is 2.68. The number of pyridine rings is 1. The lowest BCUT2D eigenvalue weighted by Crippen LogP contribution is -2.09. The van der Waals surface area contributed by atoms with Crippen molar-refractivity contribution in [2.45, 2.75) is 34.6 Å². The van der Waals surface area contributed by atoms with E-state index in [1.165, 1.54) is 5.56 Å². The summed E-state index contributed by atoms with van der Waals surface area (Å²) in [7, 11) is 0. The lowest BCUT2D eigenvalue weighted by atomic mass is 10.0. The van der Waals surface area contributed by atoms with Crippen molar-refractivity contribution in [2.24, 2.45) is 16.7 Å². The van der Waals surface area contributed by atoms with Gasteiger partial charge in [0.05, 0.1) is 0 Å². The molecule has 1 aliphatic carbocycles. The van der Waals surface area contributed by atoms with Crippen LogP contribution in [0, 0.1) is 23.7 Å². The summed E-state index contributed by atoms with van der Waals surface area (Å²) in [5.41, 5.74) is 2.88. The fourth-order valence-electron chi connectivity index (χ4n) is 3.10. The van der Waals surface area contributed by atoms with E-state index in [2.05, 4.69) is 56.1 Å². The third-order valence-electron chi connectivity index (χ3n) is 5.26. The van der Waals surface area contributed by atoms with E-state index in [0.717, 1.165) is 18.1 Å². The van der Waals surface area contributed by atoms with Gasteiger partial charge in [0.15, 0.2) is 5.65 Å². The molecule has 0 radical (unpaired) electrons. The first-order chi connectivity index (χ1) is 8.82. The highest BCUT2D eigenvalue weighted by atomic mass is 15.3. The molecule has 102 valence electrons. The number of aromatic nitrogens is 3. The summed E-state index contributed by atoms with van der Waals surface area (Å²) in [5.74, 6) is 1.40. The zero-order valence-corrected chi connectivity index (χ0v) is 12.4. The standard InChI is InChI=1S/C15H22N4/c1-10-6-7-12-17-13(18-19(12)9-10)16-8-11-14(2,3)15(11,4)5/h6-7,9,11H,8H2,1-5H3,(H,16,18). The molecule has 3 rings (SSSR count). The predicted molar refractivity (Wildman–Crippen MR) is 77.3 cm³/mol. The molecule has 1 saturated carbocycles. The molecule has 4 nitrogen and oxygen atoms in total. The maximum absolute atomic E-state index is 4.49. The van der Waals surface area contributed by atoms with Crippen molar-refractivity contribution in [3.63, 3.8) is 0 Å². The van der Waals surface area contributed by atoms with E-state index in [1.807, 2.05) is 16.8 Å². The molecule has 1 N–H and O–H groups in total. The quantitative estimate of drug-likeness (QED) is 0.919. The molecule has 1 fully saturated rings. The average molecular weight is 258 g/mol. The summed E-state index contributed by atoms with van der Waals surface area (Å²) >= 11 is 0. The minimum Gasteiger partial charge on any atom is -0.353 e. The van der Waals surface area contributed by atoms with Crippen LogP contribution in [-0.2, 0) is 0 Å². The molecule has 4 heteroatoms. The topological polar surface area (TPSA) is 42.2 Å². The van der Waals surface area contributed by atoms with Crippen LogP contribution in [0.1, 0.15) is 33.3 Å². The number of hydrogen-bond acceptors (Lipinski definition) is 3. The smallest absolute Gasteiger partial charge is 0.243 e. The molecular weight excluding hydrogens is 236 g/mol. The van der Waals surface area contributed by atoms with Crippen LogP contribution in [0.4, 0.5) is 5.95 Å². The molecule has 2 heterocycles. The van der Waals surface area contributed by atoms with Gasteiger partial charge in [0.2, 0.25) is 5.95 Å². The van der Waals surface area contributed by atoms with Crippen molar-refractivity contribution in [3.8, 4) is 0 Å². The van der Waals surface area contributed by atoms with Crippen LogP contribution >= 0.6 is 0 Å². The monoisotopic (exact) mass is 258 g/mol. The molecule has 19 heavy (non-hydrogen) atoms. The number of nitrogens with one attached hydrogen (secondary N) is 1. The van der Waals surface area contributed by atoms with Gasteiger partial charge in [0.25, 0.3) is 0 Å². The Hall–Kier alpha value is -1.58. The van der Waals surface area contributed by atoms with Gasteiger partial charge < -0.3 is 5.32 Å². The Morgan fingerprint density at radius 1 is 1.21 bits per heavy atom. The molecule has 0 saturated heterocycles. The van der Waals surface area contributed by atoms with Gasteiger partial charge >= 0.3 is 0 Å². The second-order valence-electron chi connectivity index (χ2n) is 6.82. The highest BCUT2D eigenvalue weighted by molar-refractivity contribution is 5.44. The van der Waals surface area contributed by atoms with Crippen LogP contribution in [0.15, 0.2) is 18.3 Å². The Kier molecular flexibility index (Phi) is 2.43. The van der Waals surface area contributed by atoms with E-state index in [9.17, 15) is 0 Å². The molecule has 0 spiro atoms. The SMILES string of the molecule is Cc1ccc2nc(NCC3C(C)(C)C3(C)C)nn2c1. The highest BCUT2D eigenvalue weighted by Gasteiger charge is 2.64. The molecular formula is C15H22N4. The van der Waals surface area contributed by atoms with E-state index in [-0.39, 0.29) is 0 Å². The fraction of sp³-hybridized carbons (Fsp3) is 0.600. The average Bonchev–Trinajstić information content (AvgIpc) is 2.63. The number of rotatable bonds is 3. The Bertz CT molecular complexity index is 610. The second kappa shape index (κ2) is 3.71. The number of hydrogen-bond donors (Lipinski definition) is 1. The Labute approximate surface area is 114 Å². The molecule has 0 atom stereocenters. The minimum atomic E-state index is 0.399. The van der Waals surface area contributed by atoms with Gasteiger partial charge in [-0.3, -0.25) is 0 Å². The maximum atomic E-state index is 4.49. The van der Waals surface area contributed by atoms with Crippen LogP contribution in [0.2, 0.25) is 0 Å². The summed E-state index contributed by atoms with van der Waals surface area (Å²) in [6, 6.07) is 4.05. The number of fused-ring (bicyclic) bond motifs is 1. The molecule has 0 aliphatic heterocycles. The first-order valence-electron chi connectivity index (χ1n) is 6.89. The van der Waals surface area contributed by atoms with Crippen LogP contribution in [0.3, 0.4) is 0 Å². The lowest BCUT2D eigenvalue weighted by molar-refractivity contribution is 0.457. The van der Waals surface area contributed by atoms with Crippen molar-refractivity contribution < 1.29 is 0 Å². The molecule has 0 unspecified atom stereocenters. The Morgan fingerprint density at radius 3 is 2.53 bits per heavy atom. The number of nitrogens with zero attached hydrogens (tertiary/aromatic N) is 3. The van der Waals surface area contributed by atoms with E-state index < -0.39 is 0 Å². The van der Waals surface area contributed by atoms with Crippen molar-refractivity contribution in [3.05, 3.63) is 23.9 Å². The van der Waals surface area contributed by atoms with Crippen LogP contribution in [0.25, 0.3) is 5.65 Å². The fourth-order valence-corrected chi connectivity index (χ4v) is 3.10. The van der Waals surface area contributed by atoms with Crippen LogP contribution in [0.5, 0.6) is 0 Å². The molecule has 0 aromatic carbocycles. The van der Waals surface area contributed by atoms with Gasteiger partial charge in [-0.25, -0.2) is 4.52 Å².